The molecule has 0 radical (unpaired) electrons. The number of hydrogen-bond donors (Lipinski definition) is 2. The van der Waals surface area contributed by atoms with Crippen LogP contribution in [0.15, 0.2) is 48.5 Å². The van der Waals surface area contributed by atoms with E-state index < -0.39 is 5.41 Å². The summed E-state index contributed by atoms with van der Waals surface area (Å²) < 4.78 is 0. The number of nitrogens with zero attached hydrogens (tertiary/aromatic N) is 1. The molecule has 2 aromatic carbocycles. The molecular formula is C19H18ClN3O2. The maximum Gasteiger partial charge on any atom is 0.321 e. The van der Waals surface area contributed by atoms with E-state index in [0.717, 1.165) is 29.8 Å². The molecule has 1 saturated heterocycles. The number of urea groups is 1. The van der Waals surface area contributed by atoms with Crippen molar-refractivity contribution in [3.63, 3.8) is 0 Å². The lowest BCUT2D eigenvalue weighted by molar-refractivity contribution is -0.118. The fourth-order valence-corrected chi connectivity index (χ4v) is 3.36. The van der Waals surface area contributed by atoms with Crippen molar-refractivity contribution in [1.82, 2.24) is 5.32 Å². The summed E-state index contributed by atoms with van der Waals surface area (Å²) in [6.07, 6.45) is 1.68. The fraction of sp³-hybridized carbons (Fsp3) is 0.263. The second-order valence-corrected chi connectivity index (χ2v) is 6.91. The average Bonchev–Trinajstić information content (AvgIpc) is 3.32. The highest BCUT2D eigenvalue weighted by Gasteiger charge is 2.51. The van der Waals surface area contributed by atoms with Gasteiger partial charge in [-0.15, -0.1) is 0 Å². The van der Waals surface area contributed by atoms with Crippen molar-refractivity contribution in [2.75, 3.05) is 23.3 Å². The topological polar surface area (TPSA) is 61.4 Å². The monoisotopic (exact) mass is 355 g/mol. The van der Waals surface area contributed by atoms with Gasteiger partial charge in [-0.1, -0.05) is 23.7 Å². The number of nitrogens with one attached hydrogen (secondary N) is 2. The molecule has 0 unspecified atom stereocenters. The molecule has 128 valence electrons. The quantitative estimate of drug-likeness (QED) is 0.881. The lowest BCUT2D eigenvalue weighted by Gasteiger charge is -2.17. The molecule has 6 heteroatoms. The molecule has 1 aliphatic carbocycles. The van der Waals surface area contributed by atoms with Crippen LogP contribution in [0.4, 0.5) is 16.2 Å². The lowest BCUT2D eigenvalue weighted by atomic mass is 9.95. The zero-order valence-electron chi connectivity index (χ0n) is 13.6. The Bertz CT molecular complexity index is 814. The van der Waals surface area contributed by atoms with E-state index in [4.69, 9.17) is 11.6 Å². The van der Waals surface area contributed by atoms with Gasteiger partial charge in [0.05, 0.1) is 5.41 Å². The lowest BCUT2D eigenvalue weighted by Crippen LogP contribution is -2.28. The maximum absolute atomic E-state index is 12.8. The minimum Gasteiger partial charge on any atom is -0.336 e. The summed E-state index contributed by atoms with van der Waals surface area (Å²) in [6.45, 7) is 1.31. The largest absolute Gasteiger partial charge is 0.336 e. The number of carbonyl (C=O) groups excluding carboxylic acids is 2. The first-order valence-corrected chi connectivity index (χ1v) is 8.69. The molecule has 25 heavy (non-hydrogen) atoms. The molecule has 2 fully saturated rings. The van der Waals surface area contributed by atoms with Crippen LogP contribution in [0.3, 0.4) is 0 Å². The van der Waals surface area contributed by atoms with Gasteiger partial charge in [-0.2, -0.15) is 0 Å². The number of rotatable bonds is 4. The average molecular weight is 356 g/mol. The van der Waals surface area contributed by atoms with Gasteiger partial charge in [-0.05, 0) is 54.8 Å². The second-order valence-electron chi connectivity index (χ2n) is 6.47. The van der Waals surface area contributed by atoms with Gasteiger partial charge < -0.3 is 10.6 Å². The SMILES string of the molecule is O=C1NCCN1c1ccc(NC(=O)C2(c3ccc(Cl)cc3)CC2)cc1. The predicted molar refractivity (Wildman–Crippen MR) is 98.2 cm³/mol. The fourth-order valence-electron chi connectivity index (χ4n) is 3.23. The van der Waals surface area contributed by atoms with Crippen molar-refractivity contribution >= 4 is 34.9 Å². The maximum atomic E-state index is 12.8. The van der Waals surface area contributed by atoms with Crippen LogP contribution in [0.1, 0.15) is 18.4 Å². The Hall–Kier alpha value is -2.53. The Morgan fingerprint density at radius 2 is 1.76 bits per heavy atom. The highest BCUT2D eigenvalue weighted by Crippen LogP contribution is 2.49. The molecule has 5 nitrogen and oxygen atoms in total. The van der Waals surface area contributed by atoms with Crippen molar-refractivity contribution in [2.24, 2.45) is 0 Å². The summed E-state index contributed by atoms with van der Waals surface area (Å²) in [5.74, 6) is 0.00138. The Morgan fingerprint density at radius 1 is 1.08 bits per heavy atom. The van der Waals surface area contributed by atoms with Crippen molar-refractivity contribution in [3.05, 3.63) is 59.1 Å². The third kappa shape index (κ3) is 2.96. The van der Waals surface area contributed by atoms with Crippen molar-refractivity contribution in [2.45, 2.75) is 18.3 Å². The van der Waals surface area contributed by atoms with Crippen LogP contribution in [0.5, 0.6) is 0 Å². The molecule has 2 aliphatic rings. The van der Waals surface area contributed by atoms with Gasteiger partial charge in [-0.25, -0.2) is 4.79 Å². The molecule has 3 amide bonds. The molecule has 2 aromatic rings. The number of anilines is 2. The van der Waals surface area contributed by atoms with E-state index >= 15 is 0 Å². The van der Waals surface area contributed by atoms with Crippen LogP contribution in [-0.2, 0) is 10.2 Å². The smallest absolute Gasteiger partial charge is 0.321 e. The molecule has 4 rings (SSSR count). The summed E-state index contributed by atoms with van der Waals surface area (Å²) in [5.41, 5.74) is 2.11. The number of carbonyl (C=O) groups is 2. The van der Waals surface area contributed by atoms with E-state index in [-0.39, 0.29) is 11.9 Å². The van der Waals surface area contributed by atoms with Crippen LogP contribution in [-0.4, -0.2) is 25.0 Å². The second kappa shape index (κ2) is 6.08. The Balaban J connectivity index is 1.47. The van der Waals surface area contributed by atoms with Gasteiger partial charge in [0.25, 0.3) is 0 Å². The summed E-state index contributed by atoms with van der Waals surface area (Å²) >= 11 is 5.94. The van der Waals surface area contributed by atoms with Crippen LogP contribution in [0, 0.1) is 0 Å². The van der Waals surface area contributed by atoms with Crippen molar-refractivity contribution < 1.29 is 9.59 Å². The summed E-state index contributed by atoms with van der Waals surface area (Å²) in [4.78, 5) is 26.1. The van der Waals surface area contributed by atoms with Gasteiger partial charge in [0.1, 0.15) is 0 Å². The van der Waals surface area contributed by atoms with E-state index in [1.807, 2.05) is 48.5 Å². The highest BCUT2D eigenvalue weighted by molar-refractivity contribution is 6.30. The normalized spacial score (nSPS) is 18.0. The van der Waals surface area contributed by atoms with Crippen LogP contribution >= 0.6 is 11.6 Å². The first-order chi connectivity index (χ1) is 12.1. The number of benzene rings is 2. The Labute approximate surface area is 151 Å². The van der Waals surface area contributed by atoms with E-state index in [1.54, 1.807) is 4.90 Å². The molecule has 0 bridgehead atoms. The number of amides is 3. The van der Waals surface area contributed by atoms with Gasteiger partial charge in [0.15, 0.2) is 0 Å². The molecule has 2 N–H and O–H groups in total. The zero-order valence-corrected chi connectivity index (χ0v) is 14.3. The van der Waals surface area contributed by atoms with Crippen LogP contribution in [0.2, 0.25) is 5.02 Å². The minimum atomic E-state index is -0.446. The zero-order chi connectivity index (χ0) is 17.4. The summed E-state index contributed by atoms with van der Waals surface area (Å²) in [7, 11) is 0. The van der Waals surface area contributed by atoms with E-state index in [2.05, 4.69) is 10.6 Å². The van der Waals surface area contributed by atoms with Gasteiger partial charge >= 0.3 is 6.03 Å². The minimum absolute atomic E-state index is 0.00138. The van der Waals surface area contributed by atoms with Gasteiger partial charge in [0.2, 0.25) is 5.91 Å². The molecule has 0 atom stereocenters. The van der Waals surface area contributed by atoms with E-state index in [1.165, 1.54) is 0 Å². The molecular weight excluding hydrogens is 338 g/mol. The first-order valence-electron chi connectivity index (χ1n) is 8.31. The van der Waals surface area contributed by atoms with E-state index in [0.29, 0.717) is 18.1 Å². The number of hydrogen-bond acceptors (Lipinski definition) is 2. The number of halogens is 1. The summed E-state index contributed by atoms with van der Waals surface area (Å²) in [5, 5.41) is 6.44. The Kier molecular flexibility index (Phi) is 3.88. The van der Waals surface area contributed by atoms with Crippen LogP contribution in [0.25, 0.3) is 0 Å². The van der Waals surface area contributed by atoms with Crippen LogP contribution < -0.4 is 15.5 Å². The molecule has 0 aromatic heterocycles. The first kappa shape index (κ1) is 16.0. The molecule has 0 spiro atoms. The van der Waals surface area contributed by atoms with Crippen molar-refractivity contribution in [3.8, 4) is 0 Å². The third-order valence-corrected chi connectivity index (χ3v) is 5.13. The molecule has 1 aliphatic heterocycles. The van der Waals surface area contributed by atoms with Gasteiger partial charge in [-0.3, -0.25) is 9.69 Å². The van der Waals surface area contributed by atoms with E-state index in [9.17, 15) is 9.59 Å². The predicted octanol–water partition coefficient (Wildman–Crippen LogP) is 3.54. The Morgan fingerprint density at radius 3 is 2.32 bits per heavy atom. The van der Waals surface area contributed by atoms with Gasteiger partial charge in [0, 0.05) is 29.5 Å². The highest BCUT2D eigenvalue weighted by atomic mass is 35.5. The third-order valence-electron chi connectivity index (χ3n) is 4.88. The van der Waals surface area contributed by atoms with Crippen molar-refractivity contribution in [1.29, 1.82) is 0 Å². The summed E-state index contributed by atoms with van der Waals surface area (Å²) in [6, 6.07) is 14.8. The molecule has 1 saturated carbocycles. The molecule has 1 heterocycles. The standard InChI is InChI=1S/C19H18ClN3O2/c20-14-3-1-13(2-4-14)19(9-10-19)17(24)22-15-5-7-16(8-6-15)23-12-11-21-18(23)25/h1-8H,9-12H2,(H,21,25)(H,22,24).